The van der Waals surface area contributed by atoms with Crippen LogP contribution in [0.1, 0.15) is 25.3 Å². The Kier molecular flexibility index (Phi) is 6.63. The molecule has 30 heavy (non-hydrogen) atoms. The van der Waals surface area contributed by atoms with Gasteiger partial charge in [-0.3, -0.25) is 24.7 Å². The van der Waals surface area contributed by atoms with Crippen LogP contribution in [0.5, 0.6) is 0 Å². The topological polar surface area (TPSA) is 128 Å². The first-order chi connectivity index (χ1) is 14.4. The number of hydrogen-bond donors (Lipinski definition) is 2. The highest BCUT2D eigenvalue weighted by Gasteiger charge is 2.21. The molecule has 0 aliphatic heterocycles. The van der Waals surface area contributed by atoms with Gasteiger partial charge in [-0.2, -0.15) is 0 Å². The van der Waals surface area contributed by atoms with Crippen molar-refractivity contribution < 1.29 is 14.5 Å². The summed E-state index contributed by atoms with van der Waals surface area (Å²) in [6.45, 7) is 1.71. The summed E-state index contributed by atoms with van der Waals surface area (Å²) in [6, 6.07) is 10.5. The number of pyridine rings is 1. The summed E-state index contributed by atoms with van der Waals surface area (Å²) >= 11 is 1.24. The van der Waals surface area contributed by atoms with Gasteiger partial charge in [0.15, 0.2) is 0 Å². The molecule has 0 unspecified atom stereocenters. The highest BCUT2D eigenvalue weighted by molar-refractivity contribution is 7.99. The van der Waals surface area contributed by atoms with Gasteiger partial charge in [0.2, 0.25) is 11.8 Å². The number of amides is 2. The molecule has 1 aromatic heterocycles. The third-order valence-corrected chi connectivity index (χ3v) is 5.60. The van der Waals surface area contributed by atoms with Crippen LogP contribution in [0.4, 0.5) is 11.4 Å². The van der Waals surface area contributed by atoms with Gasteiger partial charge in [-0.05, 0) is 35.6 Å². The van der Waals surface area contributed by atoms with Gasteiger partial charge < -0.3 is 11.1 Å². The summed E-state index contributed by atoms with van der Waals surface area (Å²) in [7, 11) is 0. The Morgan fingerprint density at radius 3 is 2.73 bits per heavy atom. The zero-order valence-corrected chi connectivity index (χ0v) is 17.1. The van der Waals surface area contributed by atoms with Gasteiger partial charge in [0.05, 0.1) is 9.82 Å². The molecule has 0 fully saturated rings. The van der Waals surface area contributed by atoms with Crippen LogP contribution in [0.3, 0.4) is 0 Å². The largest absolute Gasteiger partial charge is 0.370 e. The predicted molar refractivity (Wildman–Crippen MR) is 115 cm³/mol. The Balaban J connectivity index is 2.09. The molecule has 0 atom stereocenters. The molecule has 2 aromatic carbocycles. The lowest BCUT2D eigenvalue weighted by molar-refractivity contribution is -0.387. The lowest BCUT2D eigenvalue weighted by Gasteiger charge is -2.14. The summed E-state index contributed by atoms with van der Waals surface area (Å²) in [5.41, 5.74) is 6.07. The van der Waals surface area contributed by atoms with E-state index in [4.69, 9.17) is 5.73 Å². The fraction of sp³-hybridized carbons (Fsp3) is 0.190. The van der Waals surface area contributed by atoms with Gasteiger partial charge in [-0.1, -0.05) is 30.8 Å². The van der Waals surface area contributed by atoms with Crippen LogP contribution in [-0.4, -0.2) is 21.7 Å². The van der Waals surface area contributed by atoms with E-state index >= 15 is 0 Å². The summed E-state index contributed by atoms with van der Waals surface area (Å²) < 4.78 is 0. The number of carbonyl (C=O) groups excluding carboxylic acids is 2. The Bertz CT molecular complexity index is 1130. The number of nitro groups is 1. The Morgan fingerprint density at radius 2 is 2.03 bits per heavy atom. The number of nitrogens with one attached hydrogen (secondary N) is 1. The van der Waals surface area contributed by atoms with Gasteiger partial charge in [0.25, 0.3) is 5.69 Å². The molecule has 3 rings (SSSR count). The number of nitro benzene ring substituents is 1. The van der Waals surface area contributed by atoms with E-state index < -0.39 is 10.8 Å². The fourth-order valence-corrected chi connectivity index (χ4v) is 4.05. The van der Waals surface area contributed by atoms with Gasteiger partial charge in [-0.15, -0.1) is 0 Å². The first-order valence-corrected chi connectivity index (χ1v) is 10.1. The molecule has 8 nitrogen and oxygen atoms in total. The highest BCUT2D eigenvalue weighted by Crippen LogP contribution is 2.41. The van der Waals surface area contributed by atoms with Crippen molar-refractivity contribution >= 4 is 45.7 Å². The number of aryl methyl sites for hydroxylation is 1. The predicted octanol–water partition coefficient (Wildman–Crippen LogP) is 4.06. The van der Waals surface area contributed by atoms with Crippen molar-refractivity contribution in [3.8, 4) is 0 Å². The minimum atomic E-state index is -0.520. The smallest absolute Gasteiger partial charge is 0.283 e. The molecule has 0 saturated carbocycles. The average Bonchev–Trinajstić information content (AvgIpc) is 2.73. The van der Waals surface area contributed by atoms with E-state index in [-0.39, 0.29) is 30.9 Å². The molecule has 154 valence electrons. The first-order valence-electron chi connectivity index (χ1n) is 9.29. The number of primary amides is 1. The molecule has 0 spiro atoms. The number of anilines is 1. The number of carbonyl (C=O) groups is 2. The minimum Gasteiger partial charge on any atom is -0.370 e. The van der Waals surface area contributed by atoms with Gasteiger partial charge in [0, 0.05) is 47.3 Å². The molecule has 0 radical (unpaired) electrons. The number of nitrogens with zero attached hydrogens (tertiary/aromatic N) is 2. The molecule has 1 heterocycles. The van der Waals surface area contributed by atoms with E-state index in [2.05, 4.69) is 10.3 Å². The van der Waals surface area contributed by atoms with Crippen molar-refractivity contribution in [2.24, 2.45) is 5.73 Å². The van der Waals surface area contributed by atoms with Gasteiger partial charge in [-0.25, -0.2) is 0 Å². The SMILES string of the molecule is CCC(=O)Nc1cc(Sc2cccc3cnccc23)c([N+](=O)[O-])cc1CCC(N)=O. The molecule has 2 amide bonds. The van der Waals surface area contributed by atoms with Crippen LogP contribution in [0.2, 0.25) is 0 Å². The second-order valence-corrected chi connectivity index (χ2v) is 7.64. The molecule has 0 aliphatic carbocycles. The van der Waals surface area contributed by atoms with Gasteiger partial charge >= 0.3 is 0 Å². The van der Waals surface area contributed by atoms with Crippen LogP contribution >= 0.6 is 11.8 Å². The molecule has 0 saturated heterocycles. The highest BCUT2D eigenvalue weighted by atomic mass is 32.2. The summed E-state index contributed by atoms with van der Waals surface area (Å²) in [5, 5.41) is 16.4. The van der Waals surface area contributed by atoms with Gasteiger partial charge in [0.1, 0.15) is 0 Å². The number of benzene rings is 2. The zero-order valence-electron chi connectivity index (χ0n) is 16.3. The molecule has 3 N–H and O–H groups in total. The van der Waals surface area contributed by atoms with E-state index in [1.165, 1.54) is 17.8 Å². The molecule has 3 aromatic rings. The maximum atomic E-state index is 12.0. The number of aromatic nitrogens is 1. The summed E-state index contributed by atoms with van der Waals surface area (Å²) in [4.78, 5) is 39.8. The van der Waals surface area contributed by atoms with Crippen LogP contribution in [0, 0.1) is 10.1 Å². The monoisotopic (exact) mass is 424 g/mol. The summed E-state index contributed by atoms with van der Waals surface area (Å²) in [6.07, 6.45) is 3.87. The Labute approximate surface area is 177 Å². The van der Waals surface area contributed by atoms with Crippen molar-refractivity contribution in [3.05, 3.63) is 64.5 Å². The maximum Gasteiger partial charge on any atom is 0.283 e. The quantitative estimate of drug-likeness (QED) is 0.414. The van der Waals surface area contributed by atoms with Crippen LogP contribution in [0.15, 0.2) is 58.6 Å². The lowest BCUT2D eigenvalue weighted by atomic mass is 10.1. The van der Waals surface area contributed by atoms with Crippen LogP contribution in [-0.2, 0) is 16.0 Å². The second-order valence-electron chi connectivity index (χ2n) is 6.56. The van der Waals surface area contributed by atoms with Crippen molar-refractivity contribution in [1.82, 2.24) is 4.98 Å². The van der Waals surface area contributed by atoms with E-state index in [0.717, 1.165) is 15.7 Å². The molecule has 0 aliphatic rings. The summed E-state index contributed by atoms with van der Waals surface area (Å²) in [5.74, 6) is -0.746. The van der Waals surface area contributed by atoms with Crippen molar-refractivity contribution in [3.63, 3.8) is 0 Å². The van der Waals surface area contributed by atoms with E-state index in [1.54, 1.807) is 25.4 Å². The molecule has 0 bridgehead atoms. The number of hydrogen-bond acceptors (Lipinski definition) is 6. The number of rotatable bonds is 8. The van der Waals surface area contributed by atoms with E-state index in [0.29, 0.717) is 16.1 Å². The van der Waals surface area contributed by atoms with Crippen LogP contribution in [0.25, 0.3) is 10.8 Å². The van der Waals surface area contributed by atoms with Crippen LogP contribution < -0.4 is 11.1 Å². The standard InChI is InChI=1S/C21H20N4O4S/c1-2-21(27)24-16-11-19(17(25(28)29)10-13(16)6-7-20(22)26)30-18-5-3-4-14-12-23-9-8-15(14)18/h3-5,8-12H,2,6-7H2,1H3,(H2,22,26)(H,24,27). The minimum absolute atomic E-state index is 0.0228. The lowest BCUT2D eigenvalue weighted by Crippen LogP contribution is -2.14. The third-order valence-electron chi connectivity index (χ3n) is 4.48. The van der Waals surface area contributed by atoms with Crippen molar-refractivity contribution in [1.29, 1.82) is 0 Å². The second kappa shape index (κ2) is 9.36. The Hall–Kier alpha value is -3.46. The maximum absolute atomic E-state index is 12.0. The third kappa shape index (κ3) is 4.93. The molecule has 9 heteroatoms. The van der Waals surface area contributed by atoms with Crippen molar-refractivity contribution in [2.45, 2.75) is 36.0 Å². The zero-order chi connectivity index (χ0) is 21.7. The van der Waals surface area contributed by atoms with E-state index in [9.17, 15) is 19.7 Å². The fourth-order valence-electron chi connectivity index (χ4n) is 2.96. The molecular formula is C21H20N4O4S. The van der Waals surface area contributed by atoms with E-state index in [1.807, 2.05) is 24.3 Å². The normalized spacial score (nSPS) is 10.7. The van der Waals surface area contributed by atoms with Crippen molar-refractivity contribution in [2.75, 3.05) is 5.32 Å². The first kappa shape index (κ1) is 21.3. The average molecular weight is 424 g/mol. The molecular weight excluding hydrogens is 404 g/mol. The number of nitrogens with two attached hydrogens (primary N) is 1. The Morgan fingerprint density at radius 1 is 1.23 bits per heavy atom. The number of fused-ring (bicyclic) bond motifs is 1.